The Kier molecular flexibility index (Phi) is 3.16. The lowest BCUT2D eigenvalue weighted by Crippen LogP contribution is -2.46. The monoisotopic (exact) mass is 284 g/mol. The van der Waals surface area contributed by atoms with Gasteiger partial charge in [-0.25, -0.2) is 4.39 Å². The predicted molar refractivity (Wildman–Crippen MR) is 80.4 cm³/mol. The molecule has 4 heteroatoms. The van der Waals surface area contributed by atoms with Crippen LogP contribution in [0.15, 0.2) is 42.5 Å². The van der Waals surface area contributed by atoms with Gasteiger partial charge in [-0.15, -0.1) is 0 Å². The zero-order valence-corrected chi connectivity index (χ0v) is 11.8. The maximum Gasteiger partial charge on any atom is 0.247 e. The molecule has 0 saturated heterocycles. The fourth-order valence-corrected chi connectivity index (χ4v) is 3.11. The molecule has 3 rings (SSSR count). The normalized spacial score (nSPS) is 20.1. The number of anilines is 1. The Morgan fingerprint density at radius 1 is 1.29 bits per heavy atom. The van der Waals surface area contributed by atoms with Gasteiger partial charge in [0.1, 0.15) is 11.4 Å². The SMILES string of the molecule is Cc1cc(F)cc(NC2(C(N)=O)CCc3ccccc32)c1. The van der Waals surface area contributed by atoms with Gasteiger partial charge >= 0.3 is 0 Å². The number of aryl methyl sites for hydroxylation is 2. The van der Waals surface area contributed by atoms with E-state index in [0.717, 1.165) is 23.1 Å². The molecule has 1 aliphatic rings. The molecule has 1 atom stereocenters. The number of nitrogens with one attached hydrogen (secondary N) is 1. The molecule has 0 aromatic heterocycles. The van der Waals surface area contributed by atoms with E-state index in [2.05, 4.69) is 5.32 Å². The molecule has 21 heavy (non-hydrogen) atoms. The first-order chi connectivity index (χ1) is 10.0. The number of benzene rings is 2. The molecule has 2 aromatic carbocycles. The predicted octanol–water partition coefficient (Wildman–Crippen LogP) is 2.87. The average molecular weight is 284 g/mol. The Balaban J connectivity index is 2.06. The van der Waals surface area contributed by atoms with Crippen LogP contribution in [-0.2, 0) is 16.8 Å². The smallest absolute Gasteiger partial charge is 0.247 e. The van der Waals surface area contributed by atoms with Crippen LogP contribution in [0.25, 0.3) is 0 Å². The molecule has 0 bridgehead atoms. The highest BCUT2D eigenvalue weighted by Gasteiger charge is 2.43. The molecule has 0 radical (unpaired) electrons. The van der Waals surface area contributed by atoms with Crippen LogP contribution >= 0.6 is 0 Å². The fourth-order valence-electron chi connectivity index (χ4n) is 3.11. The molecule has 0 saturated carbocycles. The van der Waals surface area contributed by atoms with Crippen molar-refractivity contribution in [1.82, 2.24) is 0 Å². The molecule has 0 spiro atoms. The number of amides is 1. The van der Waals surface area contributed by atoms with E-state index in [9.17, 15) is 9.18 Å². The van der Waals surface area contributed by atoms with Crippen molar-refractivity contribution in [2.24, 2.45) is 5.73 Å². The molecule has 1 unspecified atom stereocenters. The second-order valence-corrected chi connectivity index (χ2v) is 5.57. The number of nitrogens with two attached hydrogens (primary N) is 1. The summed E-state index contributed by atoms with van der Waals surface area (Å²) in [5, 5.41) is 3.18. The highest BCUT2D eigenvalue weighted by atomic mass is 19.1. The first-order valence-corrected chi connectivity index (χ1v) is 6.95. The molecule has 0 heterocycles. The van der Waals surface area contributed by atoms with Crippen molar-refractivity contribution in [3.8, 4) is 0 Å². The highest BCUT2D eigenvalue weighted by molar-refractivity contribution is 5.91. The lowest BCUT2D eigenvalue weighted by molar-refractivity contribution is -0.122. The number of hydrogen-bond acceptors (Lipinski definition) is 2. The van der Waals surface area contributed by atoms with E-state index in [1.54, 1.807) is 0 Å². The van der Waals surface area contributed by atoms with Gasteiger partial charge in [-0.3, -0.25) is 4.79 Å². The topological polar surface area (TPSA) is 55.1 Å². The summed E-state index contributed by atoms with van der Waals surface area (Å²) in [6, 6.07) is 12.4. The van der Waals surface area contributed by atoms with Gasteiger partial charge in [-0.2, -0.15) is 0 Å². The van der Waals surface area contributed by atoms with E-state index < -0.39 is 11.4 Å². The van der Waals surface area contributed by atoms with Gasteiger partial charge in [0, 0.05) is 5.69 Å². The van der Waals surface area contributed by atoms with E-state index in [1.165, 1.54) is 12.1 Å². The largest absolute Gasteiger partial charge is 0.368 e. The van der Waals surface area contributed by atoms with Crippen molar-refractivity contribution in [2.75, 3.05) is 5.32 Å². The molecule has 108 valence electrons. The molecule has 3 N–H and O–H groups in total. The average Bonchev–Trinajstić information content (AvgIpc) is 2.78. The fraction of sp³-hybridized carbons (Fsp3) is 0.235. The summed E-state index contributed by atoms with van der Waals surface area (Å²) in [5.74, 6) is -0.766. The summed E-state index contributed by atoms with van der Waals surface area (Å²) >= 11 is 0. The van der Waals surface area contributed by atoms with Crippen LogP contribution in [0.1, 0.15) is 23.1 Å². The number of carbonyl (C=O) groups is 1. The molecule has 3 nitrogen and oxygen atoms in total. The van der Waals surface area contributed by atoms with Gasteiger partial charge in [0.25, 0.3) is 0 Å². The van der Waals surface area contributed by atoms with E-state index >= 15 is 0 Å². The van der Waals surface area contributed by atoms with Crippen molar-refractivity contribution in [2.45, 2.75) is 25.3 Å². The van der Waals surface area contributed by atoms with E-state index in [1.807, 2.05) is 37.3 Å². The zero-order valence-electron chi connectivity index (χ0n) is 11.8. The van der Waals surface area contributed by atoms with Crippen molar-refractivity contribution in [1.29, 1.82) is 0 Å². The van der Waals surface area contributed by atoms with Crippen LogP contribution in [0, 0.1) is 12.7 Å². The minimum Gasteiger partial charge on any atom is -0.368 e. The Morgan fingerprint density at radius 2 is 2.05 bits per heavy atom. The minimum atomic E-state index is -0.961. The number of rotatable bonds is 3. The van der Waals surface area contributed by atoms with Crippen molar-refractivity contribution >= 4 is 11.6 Å². The van der Waals surface area contributed by atoms with E-state index in [0.29, 0.717) is 12.1 Å². The molecular weight excluding hydrogens is 267 g/mol. The Bertz CT molecular complexity index is 693. The van der Waals surface area contributed by atoms with E-state index in [-0.39, 0.29) is 5.82 Å². The molecular formula is C17H17FN2O. The van der Waals surface area contributed by atoms with Crippen LogP contribution in [-0.4, -0.2) is 5.91 Å². The third-order valence-corrected chi connectivity index (χ3v) is 4.07. The first kappa shape index (κ1) is 13.6. The number of fused-ring (bicyclic) bond motifs is 1. The van der Waals surface area contributed by atoms with Crippen molar-refractivity contribution < 1.29 is 9.18 Å². The summed E-state index contributed by atoms with van der Waals surface area (Å²) in [4.78, 5) is 12.1. The van der Waals surface area contributed by atoms with Crippen LogP contribution in [0.2, 0.25) is 0 Å². The van der Waals surface area contributed by atoms with Gasteiger partial charge in [0.2, 0.25) is 5.91 Å². The maximum absolute atomic E-state index is 13.6. The third kappa shape index (κ3) is 2.27. The molecule has 0 aliphatic heterocycles. The Morgan fingerprint density at radius 3 is 2.76 bits per heavy atom. The quantitative estimate of drug-likeness (QED) is 0.910. The molecule has 1 aliphatic carbocycles. The Labute approximate surface area is 123 Å². The molecule has 1 amide bonds. The van der Waals surface area contributed by atoms with Crippen molar-refractivity contribution in [3.63, 3.8) is 0 Å². The van der Waals surface area contributed by atoms with Crippen LogP contribution in [0.3, 0.4) is 0 Å². The second kappa shape index (κ2) is 4.88. The van der Waals surface area contributed by atoms with Crippen molar-refractivity contribution in [3.05, 3.63) is 65.0 Å². The van der Waals surface area contributed by atoms with Gasteiger partial charge in [-0.05, 0) is 54.7 Å². The highest BCUT2D eigenvalue weighted by Crippen LogP contribution is 2.39. The van der Waals surface area contributed by atoms with Gasteiger partial charge in [-0.1, -0.05) is 24.3 Å². The van der Waals surface area contributed by atoms with Gasteiger partial charge in [0.05, 0.1) is 0 Å². The van der Waals surface area contributed by atoms with Crippen LogP contribution in [0.5, 0.6) is 0 Å². The lowest BCUT2D eigenvalue weighted by atomic mass is 9.90. The Hall–Kier alpha value is -2.36. The summed E-state index contributed by atoms with van der Waals surface area (Å²) in [7, 11) is 0. The van der Waals surface area contributed by atoms with E-state index in [4.69, 9.17) is 5.73 Å². The second-order valence-electron chi connectivity index (χ2n) is 5.57. The molecule has 2 aromatic rings. The third-order valence-electron chi connectivity index (χ3n) is 4.07. The summed E-state index contributed by atoms with van der Waals surface area (Å²) < 4.78 is 13.6. The number of carbonyl (C=O) groups excluding carboxylic acids is 1. The van der Waals surface area contributed by atoms with Crippen LogP contribution < -0.4 is 11.1 Å². The molecule has 0 fully saturated rings. The summed E-state index contributed by atoms with van der Waals surface area (Å²) in [6.07, 6.45) is 1.36. The summed E-state index contributed by atoms with van der Waals surface area (Å²) in [5.41, 5.74) is 8.08. The maximum atomic E-state index is 13.6. The summed E-state index contributed by atoms with van der Waals surface area (Å²) in [6.45, 7) is 1.81. The number of primary amides is 1. The zero-order chi connectivity index (χ0) is 15.0. The van der Waals surface area contributed by atoms with Gasteiger partial charge < -0.3 is 11.1 Å². The van der Waals surface area contributed by atoms with Crippen LogP contribution in [0.4, 0.5) is 10.1 Å². The number of hydrogen-bond donors (Lipinski definition) is 2. The lowest BCUT2D eigenvalue weighted by Gasteiger charge is -2.29. The minimum absolute atomic E-state index is 0.330. The standard InChI is InChI=1S/C17H17FN2O/c1-11-8-13(18)10-14(9-11)20-17(16(19)21)7-6-12-4-2-3-5-15(12)17/h2-5,8-10,20H,6-7H2,1H3,(H2,19,21). The first-order valence-electron chi connectivity index (χ1n) is 6.95. The van der Waals surface area contributed by atoms with Gasteiger partial charge in [0.15, 0.2) is 0 Å². The number of halogens is 1.